The first-order valence-corrected chi connectivity index (χ1v) is 8.09. The van der Waals surface area contributed by atoms with Gasteiger partial charge in [0.25, 0.3) is 0 Å². The van der Waals surface area contributed by atoms with Crippen LogP contribution in [0.1, 0.15) is 50.0 Å². The van der Waals surface area contributed by atoms with Crippen molar-refractivity contribution in [1.29, 1.82) is 0 Å². The summed E-state index contributed by atoms with van der Waals surface area (Å²) in [6, 6.07) is 2.82. The van der Waals surface area contributed by atoms with Gasteiger partial charge in [0, 0.05) is 29.6 Å². The second-order valence-electron chi connectivity index (χ2n) is 6.51. The topological polar surface area (TPSA) is 42.7 Å². The van der Waals surface area contributed by atoms with E-state index in [1.807, 2.05) is 6.20 Å². The molecule has 2 heterocycles. The van der Waals surface area contributed by atoms with Gasteiger partial charge in [-0.2, -0.15) is 5.10 Å². The molecular weight excluding hydrogens is 268 g/mol. The van der Waals surface area contributed by atoms with Gasteiger partial charge in [-0.3, -0.25) is 4.68 Å². The molecule has 0 saturated heterocycles. The number of nitrogens with zero attached hydrogens (tertiary/aromatic N) is 3. The first-order chi connectivity index (χ1) is 9.52. The Labute approximate surface area is 124 Å². The van der Waals surface area contributed by atoms with Crippen molar-refractivity contribution in [2.75, 3.05) is 0 Å². The van der Waals surface area contributed by atoms with Crippen molar-refractivity contribution >= 4 is 11.3 Å². The van der Waals surface area contributed by atoms with E-state index in [2.05, 4.69) is 47.3 Å². The van der Waals surface area contributed by atoms with E-state index in [1.54, 1.807) is 11.3 Å². The van der Waals surface area contributed by atoms with Crippen LogP contribution in [0.15, 0.2) is 17.6 Å². The number of thiazole rings is 1. The lowest BCUT2D eigenvalue weighted by Gasteiger charge is -2.14. The van der Waals surface area contributed by atoms with E-state index in [-0.39, 0.29) is 5.41 Å². The molecule has 20 heavy (non-hydrogen) atoms. The van der Waals surface area contributed by atoms with Crippen LogP contribution in [0.25, 0.3) is 0 Å². The van der Waals surface area contributed by atoms with Crippen LogP contribution < -0.4 is 5.32 Å². The van der Waals surface area contributed by atoms with E-state index in [1.165, 1.54) is 24.2 Å². The molecule has 0 unspecified atom stereocenters. The fraction of sp³-hybridized carbons (Fsp3) is 0.600. The van der Waals surface area contributed by atoms with Crippen LogP contribution in [0, 0.1) is 0 Å². The highest BCUT2D eigenvalue weighted by molar-refractivity contribution is 7.09. The molecule has 0 bridgehead atoms. The molecule has 4 nitrogen and oxygen atoms in total. The zero-order valence-electron chi connectivity index (χ0n) is 12.4. The molecule has 0 atom stereocenters. The van der Waals surface area contributed by atoms with Gasteiger partial charge in [0.15, 0.2) is 0 Å². The Balaban J connectivity index is 1.67. The maximum absolute atomic E-state index is 4.74. The van der Waals surface area contributed by atoms with Crippen LogP contribution in [0.4, 0.5) is 0 Å². The van der Waals surface area contributed by atoms with Gasteiger partial charge in [0.05, 0.1) is 17.9 Å². The SMILES string of the molecule is CC(C)(C)c1csc(Cn2nccc2CNC2CC2)n1. The molecule has 5 heteroatoms. The highest BCUT2D eigenvalue weighted by atomic mass is 32.1. The second-order valence-corrected chi connectivity index (χ2v) is 7.45. The monoisotopic (exact) mass is 290 g/mol. The average molecular weight is 290 g/mol. The zero-order valence-corrected chi connectivity index (χ0v) is 13.2. The minimum atomic E-state index is 0.120. The summed E-state index contributed by atoms with van der Waals surface area (Å²) < 4.78 is 2.06. The molecule has 1 N–H and O–H groups in total. The third-order valence-electron chi connectivity index (χ3n) is 3.56. The maximum atomic E-state index is 4.74. The van der Waals surface area contributed by atoms with Gasteiger partial charge >= 0.3 is 0 Å². The highest BCUT2D eigenvalue weighted by Gasteiger charge is 2.21. The lowest BCUT2D eigenvalue weighted by molar-refractivity contribution is 0.562. The fourth-order valence-electron chi connectivity index (χ4n) is 2.05. The zero-order chi connectivity index (χ0) is 14.2. The van der Waals surface area contributed by atoms with Crippen molar-refractivity contribution in [3.63, 3.8) is 0 Å². The minimum Gasteiger partial charge on any atom is -0.308 e. The molecule has 0 aliphatic heterocycles. The van der Waals surface area contributed by atoms with Crippen LogP contribution >= 0.6 is 11.3 Å². The Bertz CT molecular complexity index is 575. The van der Waals surface area contributed by atoms with Gasteiger partial charge in [-0.05, 0) is 18.9 Å². The molecule has 1 aliphatic rings. The number of aromatic nitrogens is 3. The third-order valence-corrected chi connectivity index (χ3v) is 4.39. The van der Waals surface area contributed by atoms with Crippen molar-refractivity contribution in [2.24, 2.45) is 0 Å². The summed E-state index contributed by atoms with van der Waals surface area (Å²) in [6.45, 7) is 8.28. The molecule has 1 saturated carbocycles. The normalized spacial score (nSPS) is 15.8. The number of nitrogens with one attached hydrogen (secondary N) is 1. The molecule has 3 rings (SSSR count). The number of rotatable bonds is 5. The second kappa shape index (κ2) is 5.30. The molecule has 0 radical (unpaired) electrons. The summed E-state index contributed by atoms with van der Waals surface area (Å²) in [4.78, 5) is 4.74. The number of hydrogen-bond acceptors (Lipinski definition) is 4. The molecule has 2 aromatic heterocycles. The Morgan fingerprint density at radius 2 is 2.20 bits per heavy atom. The van der Waals surface area contributed by atoms with Crippen LogP contribution in [-0.4, -0.2) is 20.8 Å². The molecule has 2 aromatic rings. The predicted molar refractivity (Wildman–Crippen MR) is 82.0 cm³/mol. The van der Waals surface area contributed by atoms with Crippen molar-refractivity contribution in [3.05, 3.63) is 34.0 Å². The summed E-state index contributed by atoms with van der Waals surface area (Å²) in [5.74, 6) is 0. The Hall–Kier alpha value is -1.20. The van der Waals surface area contributed by atoms with Gasteiger partial charge < -0.3 is 5.32 Å². The Morgan fingerprint density at radius 1 is 1.40 bits per heavy atom. The first-order valence-electron chi connectivity index (χ1n) is 7.21. The quantitative estimate of drug-likeness (QED) is 0.920. The van der Waals surface area contributed by atoms with Crippen molar-refractivity contribution in [1.82, 2.24) is 20.1 Å². The molecular formula is C15H22N4S. The van der Waals surface area contributed by atoms with E-state index >= 15 is 0 Å². The van der Waals surface area contributed by atoms with Gasteiger partial charge in [-0.15, -0.1) is 11.3 Å². The van der Waals surface area contributed by atoms with Gasteiger partial charge in [0.1, 0.15) is 5.01 Å². The van der Waals surface area contributed by atoms with Crippen LogP contribution in [0.3, 0.4) is 0 Å². The first kappa shape index (κ1) is 13.8. The van der Waals surface area contributed by atoms with Crippen molar-refractivity contribution in [2.45, 2.75) is 58.2 Å². The van der Waals surface area contributed by atoms with Crippen LogP contribution in [0.5, 0.6) is 0 Å². The lowest BCUT2D eigenvalue weighted by Crippen LogP contribution is -2.19. The Kier molecular flexibility index (Phi) is 3.65. The number of hydrogen-bond donors (Lipinski definition) is 1. The maximum Gasteiger partial charge on any atom is 0.114 e. The minimum absolute atomic E-state index is 0.120. The molecule has 1 fully saturated rings. The molecule has 0 aromatic carbocycles. The fourth-order valence-corrected chi connectivity index (χ4v) is 3.05. The van der Waals surface area contributed by atoms with Gasteiger partial charge in [-0.25, -0.2) is 4.98 Å². The van der Waals surface area contributed by atoms with E-state index < -0.39 is 0 Å². The summed E-state index contributed by atoms with van der Waals surface area (Å²) >= 11 is 1.73. The largest absolute Gasteiger partial charge is 0.308 e. The van der Waals surface area contributed by atoms with E-state index in [0.29, 0.717) is 0 Å². The summed E-state index contributed by atoms with van der Waals surface area (Å²) in [5, 5.41) is 11.3. The molecule has 108 valence electrons. The smallest absolute Gasteiger partial charge is 0.114 e. The lowest BCUT2D eigenvalue weighted by atomic mass is 9.93. The summed E-state index contributed by atoms with van der Waals surface area (Å²) in [7, 11) is 0. The van der Waals surface area contributed by atoms with Crippen LogP contribution in [-0.2, 0) is 18.5 Å². The van der Waals surface area contributed by atoms with Gasteiger partial charge in [0.2, 0.25) is 0 Å². The van der Waals surface area contributed by atoms with Crippen molar-refractivity contribution < 1.29 is 0 Å². The predicted octanol–water partition coefficient (Wildman–Crippen LogP) is 2.94. The molecule has 0 spiro atoms. The molecule has 0 amide bonds. The van der Waals surface area contributed by atoms with Crippen LogP contribution in [0.2, 0.25) is 0 Å². The standard InChI is InChI=1S/C15H22N4S/c1-15(2,3)13-10-20-14(18-13)9-19-12(6-7-17-19)8-16-11-4-5-11/h6-7,10-11,16H,4-5,8-9H2,1-3H3. The van der Waals surface area contributed by atoms with Gasteiger partial charge in [-0.1, -0.05) is 20.8 Å². The summed E-state index contributed by atoms with van der Waals surface area (Å²) in [6.07, 6.45) is 4.51. The van der Waals surface area contributed by atoms with Crippen molar-refractivity contribution in [3.8, 4) is 0 Å². The summed E-state index contributed by atoms with van der Waals surface area (Å²) in [5.41, 5.74) is 2.53. The van der Waals surface area contributed by atoms with E-state index in [9.17, 15) is 0 Å². The highest BCUT2D eigenvalue weighted by Crippen LogP contribution is 2.24. The molecule has 1 aliphatic carbocycles. The Morgan fingerprint density at radius 3 is 2.85 bits per heavy atom. The van der Waals surface area contributed by atoms with E-state index in [4.69, 9.17) is 4.98 Å². The van der Waals surface area contributed by atoms with E-state index in [0.717, 1.165) is 24.1 Å². The third kappa shape index (κ3) is 3.27. The average Bonchev–Trinajstić information content (AvgIpc) is 2.90.